The third-order valence-corrected chi connectivity index (χ3v) is 23.1. The predicted molar refractivity (Wildman–Crippen MR) is 482 cm³/mol. The van der Waals surface area contributed by atoms with E-state index in [-0.39, 0.29) is 133 Å². The maximum atomic E-state index is 14.8. The van der Waals surface area contributed by atoms with Gasteiger partial charge in [0.15, 0.2) is 0 Å². The van der Waals surface area contributed by atoms with E-state index in [9.17, 15) is 177 Å². The van der Waals surface area contributed by atoms with Crippen LogP contribution in [0.2, 0.25) is 0 Å². The first-order valence-electron chi connectivity index (χ1n) is 40.9. The van der Waals surface area contributed by atoms with Crippen LogP contribution >= 0.6 is 0 Å². The number of alkyl halides is 18. The Morgan fingerprint density at radius 3 is 0.940 bits per heavy atom. The highest BCUT2D eigenvalue weighted by Crippen LogP contribution is 2.62. The number of carbonyl (C=O) groups excluding carboxylic acids is 10. The van der Waals surface area contributed by atoms with Gasteiger partial charge in [0.25, 0.3) is 35.4 Å². The van der Waals surface area contributed by atoms with E-state index in [0.717, 1.165) is 61.2 Å². The van der Waals surface area contributed by atoms with Gasteiger partial charge in [-0.25, -0.2) is 33.7 Å². The van der Waals surface area contributed by atoms with E-state index in [1.54, 1.807) is 0 Å². The first kappa shape index (κ1) is 113. The van der Waals surface area contributed by atoms with Crippen molar-refractivity contribution in [3.63, 3.8) is 0 Å². The molecule has 0 radical (unpaired) electrons. The van der Waals surface area contributed by atoms with Gasteiger partial charge in [0, 0.05) is 14.1 Å². The molecule has 149 heavy (non-hydrogen) atoms. The average Bonchev–Trinajstić information content (AvgIpc) is 1.53. The lowest BCUT2D eigenvalue weighted by molar-refractivity contribution is -0.290. The molecular formula is C99H71F18N6O26-. The zero-order valence-corrected chi connectivity index (χ0v) is 74.1. The number of carboxylic acids is 2. The number of aryl methyl sites for hydroxylation is 2. The molecule has 0 aliphatic carbocycles. The molecule has 4 aliphatic heterocycles. The van der Waals surface area contributed by atoms with Crippen molar-refractivity contribution in [3.8, 4) is 69.0 Å². The van der Waals surface area contributed by atoms with Gasteiger partial charge >= 0.3 is 72.9 Å². The molecule has 0 bridgehead atoms. The lowest BCUT2D eigenvalue weighted by Crippen LogP contribution is -2.54. The highest BCUT2D eigenvalue weighted by molar-refractivity contribution is 6.35. The van der Waals surface area contributed by atoms with Crippen molar-refractivity contribution in [2.75, 3.05) is 35.8 Å². The fraction of sp³-hybridized carbons (Fsp3) is 0.152. The van der Waals surface area contributed by atoms with Gasteiger partial charge in [0.2, 0.25) is 16.2 Å². The molecule has 0 aromatic heterocycles. The number of nitrogens with zero attached hydrogens (tertiary/aromatic N) is 2. The van der Waals surface area contributed by atoms with Crippen molar-refractivity contribution in [1.29, 1.82) is 0 Å². The van der Waals surface area contributed by atoms with Gasteiger partial charge in [-0.2, -0.15) is 79.0 Å². The van der Waals surface area contributed by atoms with Crippen molar-refractivity contribution >= 4 is 94.0 Å². The van der Waals surface area contributed by atoms with Crippen LogP contribution in [0.1, 0.15) is 184 Å². The number of phenolic OH excluding ortho intramolecular Hbond substituents is 6. The number of aromatic hydroxyl groups is 6. The standard InChI is InChI=1S/C33H24F6N2O9.C33H20F6N2O7.C16H6O7.C15H12F6N2O2.2CH4.H2O/c1-15-11-16(3-9-25(15)42)31(32(34,35)36,33(37,38)39)17-4-10-26(43)24(12-17)41-28(45)21-8-6-19(14-23(21)30(48)49)50-18-5-7-20(27(44)40-2)22(13-18)29(46)47;1-15-11-16(3-9-25(15)42)31(32(34,35)36,33(37,38)39)17-4-10-26(43)24(12-17)41-29(46)21-8-6-19(14-23(21)30(41)47)48-18-5-7-20-22(13-18)28(45)40(2)27(20)44;17-13-9-3-1-7(5-11(9)15(19)22-13)21-8-2-4-10-12(6-8)16(20)23-14(10)18;16-14(17,18)13(15(19,20)21,7-1-3-11(24)9(22)5-7)8-2-4-12(25)10(23)6-8;;;/h3-14,42-43H,1-2H3,(H,40,44)(H,41,45)(H,46,47)(H,48,49);3-14,42-43H,1-2H3;1-6H;1-6,24-25H,22-23H2;2*1H4;1H2/p-1. The minimum Gasteiger partial charge on any atom is -0.870 e. The molecule has 0 unspecified atom stereocenters. The van der Waals surface area contributed by atoms with Crippen LogP contribution in [-0.2, 0) is 25.7 Å². The number of aromatic carboxylic acids is 2. The van der Waals surface area contributed by atoms with Gasteiger partial charge in [0.1, 0.15) is 69.0 Å². The Kier molecular flexibility index (Phi) is 31.0. The molecule has 16 rings (SSSR count). The van der Waals surface area contributed by atoms with Gasteiger partial charge in [-0.05, 0) is 228 Å². The molecule has 32 nitrogen and oxygen atoms in total. The van der Waals surface area contributed by atoms with Crippen LogP contribution in [0, 0.1) is 13.8 Å². The number of carboxylic acid groups (broad SMARTS) is 2. The van der Waals surface area contributed by atoms with Crippen LogP contribution in [0.15, 0.2) is 218 Å². The quantitative estimate of drug-likeness (QED) is 0.00948. The van der Waals surface area contributed by atoms with Crippen LogP contribution in [0.25, 0.3) is 0 Å². The number of hydrogen-bond acceptors (Lipinski definition) is 26. The Hall–Kier alpha value is -18.4. The molecule has 6 amide bonds. The Bertz CT molecular complexity index is 7360. The highest BCUT2D eigenvalue weighted by Gasteiger charge is 2.75. The number of esters is 4. The Morgan fingerprint density at radius 1 is 0.315 bits per heavy atom. The molecule has 12 aromatic carbocycles. The van der Waals surface area contributed by atoms with Gasteiger partial charge < -0.3 is 92.1 Å². The number of carbonyl (C=O) groups is 12. The fourth-order valence-electron chi connectivity index (χ4n) is 15.9. The second-order valence-electron chi connectivity index (χ2n) is 31.9. The Morgan fingerprint density at radius 2 is 0.591 bits per heavy atom. The SMILES string of the molecule is C.C.CNC(=O)c1ccc(Oc2ccc(C(=O)Nc3cc(C(c4ccc(O)c(C)c4)(C(F)(F)F)C(F)(F)F)ccc3O)c(C(=O)O)c2)cc1C(=O)O.Cc1cc(C(c2ccc(O)c(N3C(=O)c4ccc(Oc5ccc6c(c5)C(=O)N(C)C6=O)cc4C3=O)c2)(C(F)(F)F)C(F)(F)F)ccc1O.Nc1cc(C(c2ccc(O)c(N)c2)(C(F)(F)F)C(F)(F)F)ccc1O.O=C1OC(=O)c2cc(Oc3ccc4c(c3)C(=O)OC4=O)ccc21.[OH-]. The van der Waals surface area contributed by atoms with E-state index < -0.39 is 232 Å². The van der Waals surface area contributed by atoms with E-state index in [1.165, 1.54) is 80.8 Å². The summed E-state index contributed by atoms with van der Waals surface area (Å²) in [6.45, 7) is 2.20. The molecule has 4 heterocycles. The van der Waals surface area contributed by atoms with Gasteiger partial charge in [0.05, 0.1) is 89.5 Å². The van der Waals surface area contributed by atoms with Crippen LogP contribution in [0.5, 0.6) is 69.0 Å². The summed E-state index contributed by atoms with van der Waals surface area (Å²) in [6, 6.07) is 30.8. The Labute approximate surface area is 824 Å². The van der Waals surface area contributed by atoms with E-state index in [2.05, 4.69) is 14.8 Å². The number of amides is 6. The number of nitrogens with two attached hydrogens (primary N) is 2. The number of anilines is 4. The van der Waals surface area contributed by atoms with E-state index in [1.807, 2.05) is 5.32 Å². The third kappa shape index (κ3) is 20.4. The second kappa shape index (κ2) is 41.0. The van der Waals surface area contributed by atoms with Crippen molar-refractivity contribution in [2.45, 2.75) is 82.0 Å². The van der Waals surface area contributed by atoms with Crippen molar-refractivity contribution in [3.05, 3.63) is 330 Å². The van der Waals surface area contributed by atoms with Gasteiger partial charge in [-0.15, -0.1) is 0 Å². The molecule has 0 spiro atoms. The second-order valence-corrected chi connectivity index (χ2v) is 31.9. The molecular weight excluding hydrogens is 2030 g/mol. The van der Waals surface area contributed by atoms with Crippen LogP contribution in [-0.4, -0.2) is 174 Å². The predicted octanol–water partition coefficient (Wildman–Crippen LogP) is 20.1. The van der Waals surface area contributed by atoms with Crippen molar-refractivity contribution in [1.82, 2.24) is 10.2 Å². The molecule has 50 heteroatoms. The summed E-state index contributed by atoms with van der Waals surface area (Å²) in [5, 5.41) is 82.7. The van der Waals surface area contributed by atoms with Gasteiger partial charge in [-0.1, -0.05) is 63.4 Å². The summed E-state index contributed by atoms with van der Waals surface area (Å²) < 4.78 is 285. The molecule has 0 saturated heterocycles. The number of ether oxygens (including phenoxy) is 5. The molecule has 15 N–H and O–H groups in total. The van der Waals surface area contributed by atoms with E-state index >= 15 is 0 Å². The van der Waals surface area contributed by atoms with Crippen LogP contribution < -0.4 is 41.2 Å². The molecule has 0 saturated carbocycles. The van der Waals surface area contributed by atoms with E-state index in [4.69, 9.17) is 25.7 Å². The number of halogens is 18. The minimum absolute atomic E-state index is 0. The van der Waals surface area contributed by atoms with Gasteiger partial charge in [-0.3, -0.25) is 33.7 Å². The monoisotopic (exact) mass is 2100 g/mol. The summed E-state index contributed by atoms with van der Waals surface area (Å²) in [6.07, 6.45) is -35.8. The summed E-state index contributed by atoms with van der Waals surface area (Å²) in [4.78, 5) is 147. The molecule has 4 aliphatic rings. The topological polar surface area (TPSA) is 525 Å². The number of rotatable bonds is 18. The average molecular weight is 2100 g/mol. The molecule has 0 fully saturated rings. The van der Waals surface area contributed by atoms with Crippen molar-refractivity contribution in [2.24, 2.45) is 0 Å². The highest BCUT2D eigenvalue weighted by atomic mass is 19.4. The summed E-state index contributed by atoms with van der Waals surface area (Å²) in [5.41, 5.74) is -17.1. The van der Waals surface area contributed by atoms with Crippen molar-refractivity contribution < 1.29 is 207 Å². The number of imide groups is 2. The zero-order chi connectivity index (χ0) is 108. The van der Waals surface area contributed by atoms with Crippen LogP contribution in [0.3, 0.4) is 0 Å². The summed E-state index contributed by atoms with van der Waals surface area (Å²) in [5.74, 6) is -15.8. The van der Waals surface area contributed by atoms with Crippen LogP contribution in [0.4, 0.5) is 102 Å². The number of benzene rings is 12. The Balaban J connectivity index is 0.000000212. The zero-order valence-electron chi connectivity index (χ0n) is 74.1. The smallest absolute Gasteiger partial charge is 0.411 e. The number of nitrogens with one attached hydrogen (secondary N) is 2. The molecule has 12 aromatic rings. The first-order chi connectivity index (χ1) is 67.9. The number of cyclic esters (lactones) is 4. The number of nitrogen functional groups attached to an aromatic ring is 2. The third-order valence-electron chi connectivity index (χ3n) is 23.1. The largest absolute Gasteiger partial charge is 0.870 e. The number of fused-ring (bicyclic) bond motifs is 4. The molecule has 0 atom stereocenters. The summed E-state index contributed by atoms with van der Waals surface area (Å²) >= 11 is 0. The first-order valence-corrected chi connectivity index (χ1v) is 40.9. The summed E-state index contributed by atoms with van der Waals surface area (Å²) in [7, 11) is 2.58. The minimum atomic E-state index is -6.05. The maximum absolute atomic E-state index is 14.8. The van der Waals surface area contributed by atoms with E-state index in [0.29, 0.717) is 97.1 Å². The lowest BCUT2D eigenvalue weighted by Gasteiger charge is -2.39. The molecule has 780 valence electrons. The normalized spacial score (nSPS) is 13.3. The number of phenols is 6. The maximum Gasteiger partial charge on any atom is 0.411 e. The lowest BCUT2D eigenvalue weighted by atomic mass is 9.72. The number of hydrogen-bond donors (Lipinski definition) is 12. The fourth-order valence-corrected chi connectivity index (χ4v) is 15.9.